The van der Waals surface area contributed by atoms with Crippen LogP contribution in [0, 0.1) is 0 Å². The fourth-order valence-corrected chi connectivity index (χ4v) is 5.52. The van der Waals surface area contributed by atoms with Crippen molar-refractivity contribution in [2.75, 3.05) is 13.1 Å². The maximum atomic E-state index is 12.6. The Balaban J connectivity index is 2.04. The fourth-order valence-electron chi connectivity index (χ4n) is 2.49. The lowest BCUT2D eigenvalue weighted by Crippen LogP contribution is -2.43. The lowest BCUT2D eigenvalue weighted by Gasteiger charge is -2.25. The van der Waals surface area contributed by atoms with E-state index in [4.69, 9.17) is 0 Å². The van der Waals surface area contributed by atoms with Crippen LogP contribution in [0.4, 0.5) is 0 Å². The van der Waals surface area contributed by atoms with Gasteiger partial charge in [-0.2, -0.15) is 4.31 Å². The first-order valence-corrected chi connectivity index (χ1v) is 10.4. The molecule has 0 aliphatic carbocycles. The van der Waals surface area contributed by atoms with E-state index in [-0.39, 0.29) is 17.9 Å². The summed E-state index contributed by atoms with van der Waals surface area (Å²) in [4.78, 5) is 12.9. The van der Waals surface area contributed by atoms with Crippen LogP contribution in [0.2, 0.25) is 0 Å². The molecule has 130 valence electrons. The molecule has 1 aromatic heterocycles. The third-order valence-corrected chi connectivity index (χ3v) is 7.69. The van der Waals surface area contributed by atoms with Gasteiger partial charge in [-0.3, -0.25) is 4.79 Å². The molecule has 1 N–H and O–H groups in total. The monoisotopic (exact) mass is 358 g/mol. The molecule has 0 unspecified atom stereocenters. The van der Waals surface area contributed by atoms with Gasteiger partial charge in [0.1, 0.15) is 4.21 Å². The van der Waals surface area contributed by atoms with Crippen molar-refractivity contribution in [3.05, 3.63) is 17.0 Å². The molecule has 1 aromatic rings. The summed E-state index contributed by atoms with van der Waals surface area (Å²) in [5, 5.41) is 2.97. The quantitative estimate of drug-likeness (QED) is 0.850. The number of piperidine rings is 1. The zero-order chi connectivity index (χ0) is 17.1. The van der Waals surface area contributed by atoms with E-state index in [9.17, 15) is 13.2 Å². The first kappa shape index (κ1) is 18.4. The summed E-state index contributed by atoms with van der Waals surface area (Å²) >= 11 is 1.20. The van der Waals surface area contributed by atoms with E-state index in [0.29, 0.717) is 17.3 Å². The van der Waals surface area contributed by atoms with E-state index in [2.05, 4.69) is 5.32 Å². The van der Waals surface area contributed by atoms with Crippen molar-refractivity contribution in [2.45, 2.75) is 62.6 Å². The number of amides is 1. The Morgan fingerprint density at radius 2 is 1.91 bits per heavy atom. The van der Waals surface area contributed by atoms with Gasteiger partial charge < -0.3 is 5.32 Å². The molecule has 1 saturated heterocycles. The molecule has 7 heteroatoms. The first-order chi connectivity index (χ1) is 10.7. The fraction of sp³-hybridized carbons (Fsp3) is 0.688. The zero-order valence-electron chi connectivity index (χ0n) is 14.1. The smallest absolute Gasteiger partial charge is 0.252 e. The van der Waals surface area contributed by atoms with Gasteiger partial charge in [0, 0.05) is 23.5 Å². The standard InChI is InChI=1S/C16H26N2O3S2/c1-4-16(2,3)17-14(19)12-13-8-9-15(22-13)23(20,21)18-10-6-5-7-11-18/h8-9H,4-7,10-12H2,1-3H3,(H,17,19). The molecule has 23 heavy (non-hydrogen) atoms. The summed E-state index contributed by atoms with van der Waals surface area (Å²) in [6, 6.07) is 3.38. The molecule has 1 aliphatic rings. The topological polar surface area (TPSA) is 66.5 Å². The van der Waals surface area contributed by atoms with Crippen molar-refractivity contribution in [3.63, 3.8) is 0 Å². The lowest BCUT2D eigenvalue weighted by molar-refractivity contribution is -0.122. The number of hydrogen-bond donors (Lipinski definition) is 1. The normalized spacial score (nSPS) is 17.2. The summed E-state index contributed by atoms with van der Waals surface area (Å²) in [5.74, 6) is -0.0689. The minimum Gasteiger partial charge on any atom is -0.351 e. The van der Waals surface area contributed by atoms with E-state index in [1.54, 1.807) is 16.4 Å². The number of hydrogen-bond acceptors (Lipinski definition) is 4. The van der Waals surface area contributed by atoms with E-state index in [0.717, 1.165) is 30.6 Å². The number of carbonyl (C=O) groups is 1. The molecule has 0 saturated carbocycles. The summed E-state index contributed by atoms with van der Waals surface area (Å²) in [7, 11) is -3.40. The SMILES string of the molecule is CCC(C)(C)NC(=O)Cc1ccc(S(=O)(=O)N2CCCCC2)s1. The Kier molecular flexibility index (Phi) is 5.86. The summed E-state index contributed by atoms with van der Waals surface area (Å²) < 4.78 is 27.1. The van der Waals surface area contributed by atoms with Crippen molar-refractivity contribution in [1.29, 1.82) is 0 Å². The van der Waals surface area contributed by atoms with Crippen molar-refractivity contribution in [3.8, 4) is 0 Å². The van der Waals surface area contributed by atoms with Crippen LogP contribution >= 0.6 is 11.3 Å². The van der Waals surface area contributed by atoms with Crippen LogP contribution in [0.25, 0.3) is 0 Å². The van der Waals surface area contributed by atoms with Crippen molar-refractivity contribution in [1.82, 2.24) is 9.62 Å². The second-order valence-electron chi connectivity index (χ2n) is 6.65. The summed E-state index contributed by atoms with van der Waals surface area (Å²) in [6.45, 7) is 7.17. The van der Waals surface area contributed by atoms with Crippen LogP contribution in [0.15, 0.2) is 16.3 Å². The number of nitrogens with one attached hydrogen (secondary N) is 1. The second kappa shape index (κ2) is 7.32. The van der Waals surface area contributed by atoms with Crippen LogP contribution in [0.3, 0.4) is 0 Å². The number of sulfonamides is 1. The molecule has 0 radical (unpaired) electrons. The van der Waals surface area contributed by atoms with Crippen molar-refractivity contribution < 1.29 is 13.2 Å². The minimum absolute atomic E-state index is 0.0689. The second-order valence-corrected chi connectivity index (χ2v) is 9.98. The highest BCUT2D eigenvalue weighted by Gasteiger charge is 2.27. The maximum absolute atomic E-state index is 12.6. The molecule has 1 amide bonds. The largest absolute Gasteiger partial charge is 0.351 e. The van der Waals surface area contributed by atoms with E-state index >= 15 is 0 Å². The van der Waals surface area contributed by atoms with E-state index in [1.807, 2.05) is 20.8 Å². The van der Waals surface area contributed by atoms with Gasteiger partial charge in [-0.05, 0) is 45.2 Å². The van der Waals surface area contributed by atoms with Gasteiger partial charge in [-0.15, -0.1) is 11.3 Å². The molecular weight excluding hydrogens is 332 g/mol. The third kappa shape index (κ3) is 4.78. The average Bonchev–Trinajstić information content (AvgIpc) is 2.96. The Labute approximate surface area is 143 Å². The van der Waals surface area contributed by atoms with Gasteiger partial charge in [0.25, 0.3) is 10.0 Å². The third-order valence-electron chi connectivity index (χ3n) is 4.24. The minimum atomic E-state index is -3.40. The molecule has 2 rings (SSSR count). The van der Waals surface area contributed by atoms with Crippen LogP contribution in [0.5, 0.6) is 0 Å². The number of thiophene rings is 1. The maximum Gasteiger partial charge on any atom is 0.252 e. The molecule has 2 heterocycles. The molecule has 0 atom stereocenters. The van der Waals surface area contributed by atoms with Crippen LogP contribution in [0.1, 0.15) is 51.3 Å². The molecular formula is C16H26N2O3S2. The Bertz CT molecular complexity index is 644. The van der Waals surface area contributed by atoms with Crippen LogP contribution in [-0.2, 0) is 21.2 Å². The highest BCUT2D eigenvalue weighted by molar-refractivity contribution is 7.91. The highest BCUT2D eigenvalue weighted by Crippen LogP contribution is 2.27. The average molecular weight is 359 g/mol. The predicted octanol–water partition coefficient (Wildman–Crippen LogP) is 2.77. The van der Waals surface area contributed by atoms with Crippen LogP contribution in [-0.4, -0.2) is 37.3 Å². The molecule has 5 nitrogen and oxygen atoms in total. The number of nitrogens with zero attached hydrogens (tertiary/aromatic N) is 1. The van der Waals surface area contributed by atoms with E-state index in [1.165, 1.54) is 11.3 Å². The Morgan fingerprint density at radius 3 is 2.52 bits per heavy atom. The molecule has 0 aromatic carbocycles. The van der Waals surface area contributed by atoms with Gasteiger partial charge in [0.15, 0.2) is 0 Å². The van der Waals surface area contributed by atoms with Gasteiger partial charge in [0.05, 0.1) is 6.42 Å². The molecule has 1 fully saturated rings. The number of rotatable bonds is 6. The first-order valence-electron chi connectivity index (χ1n) is 8.14. The molecule has 0 spiro atoms. The highest BCUT2D eigenvalue weighted by atomic mass is 32.2. The van der Waals surface area contributed by atoms with Gasteiger partial charge in [0.2, 0.25) is 5.91 Å². The molecule has 0 bridgehead atoms. The predicted molar refractivity (Wildman–Crippen MR) is 93.1 cm³/mol. The van der Waals surface area contributed by atoms with E-state index < -0.39 is 10.0 Å². The van der Waals surface area contributed by atoms with Crippen LogP contribution < -0.4 is 5.32 Å². The lowest BCUT2D eigenvalue weighted by atomic mass is 10.0. The van der Waals surface area contributed by atoms with Crippen molar-refractivity contribution >= 4 is 27.3 Å². The number of carbonyl (C=O) groups excluding carboxylic acids is 1. The summed E-state index contributed by atoms with van der Waals surface area (Å²) in [6.07, 6.45) is 4.01. The zero-order valence-corrected chi connectivity index (χ0v) is 15.7. The van der Waals surface area contributed by atoms with Gasteiger partial charge in [-0.1, -0.05) is 13.3 Å². The van der Waals surface area contributed by atoms with Gasteiger partial charge >= 0.3 is 0 Å². The summed E-state index contributed by atoms with van der Waals surface area (Å²) in [5.41, 5.74) is -0.239. The van der Waals surface area contributed by atoms with Crippen molar-refractivity contribution in [2.24, 2.45) is 0 Å². The molecule has 1 aliphatic heterocycles. The Morgan fingerprint density at radius 1 is 1.26 bits per heavy atom. The Hall–Kier alpha value is -0.920. The van der Waals surface area contributed by atoms with Gasteiger partial charge in [-0.25, -0.2) is 8.42 Å².